The van der Waals surface area contributed by atoms with Crippen LogP contribution < -0.4 is 32.8 Å². The lowest BCUT2D eigenvalue weighted by Gasteiger charge is -2.28. The Balaban J connectivity index is 1.53. The van der Waals surface area contributed by atoms with Crippen molar-refractivity contribution in [3.05, 3.63) is 87.8 Å². The molecule has 53 heavy (non-hydrogen) atoms. The molecule has 2 aromatic carbocycles. The maximum absolute atomic E-state index is 13.9. The standard InChI is InChI=1S/C38H51ClN10O3S/c1-24-11-5-6-13-31(24)48-49(4)38(52)33(14-7-8-16-40)45-36(51)32(15-9-17-41)44-22-27-12-10-18-43-37(27)53-35-29(21-42-23-50)19-28(20-30(35)39)34-25(2)46-47-26(34)3/h5-6,10-13,18-20,23,32-33,44,48H,7-9,14-17,21-22,40-41H2,1-4H3,(H,42,50)(H,45,51)(H,46,47)/t32-,33-/m0/s1. The molecule has 2 atom stereocenters. The first-order valence-electron chi connectivity index (χ1n) is 17.7. The minimum Gasteiger partial charge on any atom is -0.355 e. The van der Waals surface area contributed by atoms with E-state index >= 15 is 0 Å². The first-order valence-corrected chi connectivity index (χ1v) is 18.9. The van der Waals surface area contributed by atoms with Gasteiger partial charge >= 0.3 is 0 Å². The van der Waals surface area contributed by atoms with Gasteiger partial charge in [0.25, 0.3) is 5.91 Å². The number of amides is 3. The van der Waals surface area contributed by atoms with Crippen LogP contribution in [0.3, 0.4) is 0 Å². The molecule has 4 aromatic rings. The number of para-hydroxylation sites is 1. The highest BCUT2D eigenvalue weighted by atomic mass is 35.5. The van der Waals surface area contributed by atoms with Crippen LogP contribution in [0.4, 0.5) is 5.69 Å². The highest BCUT2D eigenvalue weighted by molar-refractivity contribution is 7.99. The number of pyridine rings is 1. The Morgan fingerprint density at radius 1 is 0.981 bits per heavy atom. The fourth-order valence-corrected chi connectivity index (χ4v) is 7.34. The average molecular weight is 763 g/mol. The number of H-pyrrole nitrogens is 1. The van der Waals surface area contributed by atoms with Gasteiger partial charge in [0.15, 0.2) is 0 Å². The molecule has 3 amide bonds. The zero-order valence-electron chi connectivity index (χ0n) is 30.8. The lowest BCUT2D eigenvalue weighted by atomic mass is 10.0. The first kappa shape index (κ1) is 41.3. The van der Waals surface area contributed by atoms with Gasteiger partial charge < -0.3 is 27.4 Å². The Morgan fingerprint density at radius 2 is 1.74 bits per heavy atom. The summed E-state index contributed by atoms with van der Waals surface area (Å²) >= 11 is 8.33. The van der Waals surface area contributed by atoms with Crippen molar-refractivity contribution >= 4 is 47.3 Å². The number of nitrogens with two attached hydrogens (primary N) is 2. The Morgan fingerprint density at radius 3 is 2.43 bits per heavy atom. The molecule has 0 aliphatic rings. The largest absolute Gasteiger partial charge is 0.355 e. The van der Waals surface area contributed by atoms with E-state index in [1.54, 1.807) is 13.2 Å². The number of unbranched alkanes of at least 4 members (excludes halogenated alkanes) is 1. The van der Waals surface area contributed by atoms with Crippen LogP contribution in [0, 0.1) is 20.8 Å². The number of aromatic amines is 1. The highest BCUT2D eigenvalue weighted by Crippen LogP contribution is 2.40. The van der Waals surface area contributed by atoms with Crippen molar-refractivity contribution in [3.8, 4) is 11.1 Å². The highest BCUT2D eigenvalue weighted by Gasteiger charge is 2.28. The number of aryl methyl sites for hydroxylation is 3. The molecule has 0 fully saturated rings. The van der Waals surface area contributed by atoms with Crippen LogP contribution in [0.15, 0.2) is 64.6 Å². The van der Waals surface area contributed by atoms with Crippen molar-refractivity contribution in [1.82, 2.24) is 36.1 Å². The predicted octanol–water partition coefficient (Wildman–Crippen LogP) is 4.74. The summed E-state index contributed by atoms with van der Waals surface area (Å²) in [5.74, 6) is -0.555. The zero-order valence-corrected chi connectivity index (χ0v) is 32.4. The number of hydrogen-bond donors (Lipinski definition) is 7. The van der Waals surface area contributed by atoms with E-state index in [4.69, 9.17) is 23.1 Å². The second-order valence-electron chi connectivity index (χ2n) is 12.9. The monoisotopic (exact) mass is 762 g/mol. The fraction of sp³-hybridized carbons (Fsp3) is 0.395. The molecular formula is C38H51ClN10O3S. The smallest absolute Gasteiger partial charge is 0.263 e. The number of hydrazine groups is 1. The number of nitrogens with one attached hydrogen (secondary N) is 5. The van der Waals surface area contributed by atoms with Crippen LogP contribution in [0.2, 0.25) is 5.02 Å². The average Bonchev–Trinajstić information content (AvgIpc) is 3.49. The molecule has 0 saturated heterocycles. The van der Waals surface area contributed by atoms with Crippen LogP contribution >= 0.6 is 23.4 Å². The molecule has 9 N–H and O–H groups in total. The van der Waals surface area contributed by atoms with Crippen LogP contribution in [0.1, 0.15) is 60.2 Å². The number of rotatable bonds is 21. The van der Waals surface area contributed by atoms with E-state index < -0.39 is 12.1 Å². The molecule has 13 nitrogen and oxygen atoms in total. The zero-order chi connectivity index (χ0) is 38.3. The summed E-state index contributed by atoms with van der Waals surface area (Å²) in [6.07, 6.45) is 5.27. The van der Waals surface area contributed by atoms with E-state index in [9.17, 15) is 14.4 Å². The number of anilines is 1. The van der Waals surface area contributed by atoms with E-state index in [0.717, 1.165) is 56.2 Å². The minimum absolute atomic E-state index is 0.261. The minimum atomic E-state index is -0.764. The molecular weight excluding hydrogens is 712 g/mol. The van der Waals surface area contributed by atoms with Crippen molar-refractivity contribution in [2.24, 2.45) is 11.5 Å². The van der Waals surface area contributed by atoms with Crippen molar-refractivity contribution in [3.63, 3.8) is 0 Å². The summed E-state index contributed by atoms with van der Waals surface area (Å²) in [7, 11) is 1.66. The molecule has 0 aliphatic heterocycles. The molecule has 2 aromatic heterocycles. The quantitative estimate of drug-likeness (QED) is 0.0354. The van der Waals surface area contributed by atoms with Gasteiger partial charge in [-0.25, -0.2) is 4.98 Å². The molecule has 0 spiro atoms. The number of aromatic nitrogens is 3. The van der Waals surface area contributed by atoms with Crippen molar-refractivity contribution in [2.75, 3.05) is 25.6 Å². The molecule has 0 bridgehead atoms. The van der Waals surface area contributed by atoms with Crippen molar-refractivity contribution < 1.29 is 14.4 Å². The Bertz CT molecular complexity index is 1820. The molecule has 0 unspecified atom stereocenters. The van der Waals surface area contributed by atoms with Crippen LogP contribution in [-0.4, -0.2) is 70.6 Å². The van der Waals surface area contributed by atoms with Crippen LogP contribution in [-0.2, 0) is 27.5 Å². The lowest BCUT2D eigenvalue weighted by molar-refractivity contribution is -0.135. The summed E-state index contributed by atoms with van der Waals surface area (Å²) in [5, 5.41) is 19.2. The van der Waals surface area contributed by atoms with Gasteiger partial charge in [-0.05, 0) is 112 Å². The van der Waals surface area contributed by atoms with Gasteiger partial charge in [0.2, 0.25) is 12.3 Å². The third kappa shape index (κ3) is 11.5. The fourth-order valence-electron chi connectivity index (χ4n) is 5.99. The number of likely N-dealkylation sites (N-methyl/N-ethyl adjacent to an activating group) is 1. The summed E-state index contributed by atoms with van der Waals surface area (Å²) in [6, 6.07) is 14.0. The van der Waals surface area contributed by atoms with E-state index in [2.05, 4.69) is 36.6 Å². The molecule has 2 heterocycles. The van der Waals surface area contributed by atoms with E-state index in [-0.39, 0.29) is 18.4 Å². The number of carbonyl (C=O) groups is 3. The van der Waals surface area contributed by atoms with E-state index in [0.29, 0.717) is 61.8 Å². The third-order valence-corrected chi connectivity index (χ3v) is 10.5. The Labute approximate surface area is 320 Å². The van der Waals surface area contributed by atoms with Gasteiger partial charge in [0, 0.05) is 42.5 Å². The van der Waals surface area contributed by atoms with E-state index in [1.165, 1.54) is 16.8 Å². The molecule has 0 saturated carbocycles. The normalized spacial score (nSPS) is 12.2. The predicted molar refractivity (Wildman–Crippen MR) is 211 cm³/mol. The van der Waals surface area contributed by atoms with Gasteiger partial charge in [-0.15, -0.1) is 0 Å². The summed E-state index contributed by atoms with van der Waals surface area (Å²) in [4.78, 5) is 44.3. The Hall–Kier alpha value is -4.47. The number of halogens is 1. The topological polar surface area (TPSA) is 196 Å². The molecule has 0 aliphatic carbocycles. The van der Waals surface area contributed by atoms with Gasteiger partial charge in [0.05, 0.1) is 22.4 Å². The van der Waals surface area contributed by atoms with Crippen molar-refractivity contribution in [1.29, 1.82) is 0 Å². The maximum Gasteiger partial charge on any atom is 0.263 e. The Kier molecular flexibility index (Phi) is 16.1. The SMILES string of the molecule is Cc1ccccc1NN(C)C(=O)[C@H](CCCCN)NC(=O)[C@H](CCCN)NCc1cccnc1Sc1c(Cl)cc(-c2c(C)n[nH]c2C)cc1CNC=O. The van der Waals surface area contributed by atoms with Gasteiger partial charge in [0.1, 0.15) is 11.1 Å². The molecule has 284 valence electrons. The van der Waals surface area contributed by atoms with Gasteiger partial charge in [-0.3, -0.25) is 29.9 Å². The van der Waals surface area contributed by atoms with Crippen molar-refractivity contribution in [2.45, 2.75) is 88.0 Å². The molecule has 4 rings (SSSR count). The molecule has 0 radical (unpaired) electrons. The second-order valence-corrected chi connectivity index (χ2v) is 14.3. The maximum atomic E-state index is 13.9. The number of nitrogens with zero attached hydrogens (tertiary/aromatic N) is 3. The lowest BCUT2D eigenvalue weighted by Crippen LogP contribution is -2.53. The second kappa shape index (κ2) is 20.7. The van der Waals surface area contributed by atoms with Gasteiger partial charge in [-0.2, -0.15) is 5.10 Å². The third-order valence-electron chi connectivity index (χ3n) is 8.84. The number of hydrogen-bond acceptors (Lipinski definition) is 10. The van der Waals surface area contributed by atoms with Gasteiger partial charge in [-0.1, -0.05) is 47.6 Å². The number of carbonyl (C=O) groups excluding carboxylic acids is 3. The molecule has 15 heteroatoms. The van der Waals surface area contributed by atoms with Crippen LogP contribution in [0.5, 0.6) is 0 Å². The first-order chi connectivity index (χ1) is 25.6. The summed E-state index contributed by atoms with van der Waals surface area (Å²) in [6.45, 7) is 7.31. The number of benzene rings is 2. The summed E-state index contributed by atoms with van der Waals surface area (Å²) < 4.78 is 0. The summed E-state index contributed by atoms with van der Waals surface area (Å²) in [5.41, 5.74) is 21.8. The van der Waals surface area contributed by atoms with Crippen LogP contribution in [0.25, 0.3) is 11.1 Å². The van der Waals surface area contributed by atoms with E-state index in [1.807, 2.05) is 69.3 Å².